The number of likely N-dealkylation sites (tertiary alicyclic amines) is 1. The summed E-state index contributed by atoms with van der Waals surface area (Å²) in [5, 5.41) is 3.60. The molecule has 1 fully saturated rings. The number of hydrogen-bond acceptors (Lipinski definition) is 3. The van der Waals surface area contributed by atoms with Gasteiger partial charge in [0.15, 0.2) is 0 Å². The largest absolute Gasteiger partial charge is 0.353 e. The Morgan fingerprint density at radius 3 is 2.61 bits per heavy atom. The summed E-state index contributed by atoms with van der Waals surface area (Å²) < 4.78 is 2.22. The smallest absolute Gasteiger partial charge is 0.202 e. The van der Waals surface area contributed by atoms with Gasteiger partial charge in [-0.15, -0.1) is 0 Å². The number of hydrogen-bond donors (Lipinski definition) is 1. The number of nitrogens with one attached hydrogen (secondary N) is 1. The van der Waals surface area contributed by atoms with Crippen LogP contribution in [0.25, 0.3) is 0 Å². The average molecular weight is 250 g/mol. The molecule has 18 heavy (non-hydrogen) atoms. The SMILES string of the molecule is CCCN1CCC(Nc2nccn2CCC)CC1. The van der Waals surface area contributed by atoms with Gasteiger partial charge in [0.25, 0.3) is 0 Å². The van der Waals surface area contributed by atoms with Gasteiger partial charge in [0.2, 0.25) is 5.95 Å². The monoisotopic (exact) mass is 250 g/mol. The van der Waals surface area contributed by atoms with Crippen LogP contribution < -0.4 is 5.32 Å². The number of nitrogens with zero attached hydrogens (tertiary/aromatic N) is 3. The quantitative estimate of drug-likeness (QED) is 0.842. The highest BCUT2D eigenvalue weighted by Crippen LogP contribution is 2.16. The van der Waals surface area contributed by atoms with Gasteiger partial charge in [0.05, 0.1) is 0 Å². The van der Waals surface area contributed by atoms with Crippen molar-refractivity contribution in [3.8, 4) is 0 Å². The summed E-state index contributed by atoms with van der Waals surface area (Å²) in [7, 11) is 0. The number of anilines is 1. The maximum atomic E-state index is 4.42. The Morgan fingerprint density at radius 1 is 1.22 bits per heavy atom. The molecule has 0 unspecified atom stereocenters. The van der Waals surface area contributed by atoms with E-state index in [2.05, 4.69) is 39.8 Å². The molecule has 0 spiro atoms. The molecule has 0 amide bonds. The molecule has 0 saturated carbocycles. The van der Waals surface area contributed by atoms with E-state index in [1.807, 2.05) is 6.20 Å². The van der Waals surface area contributed by atoms with Crippen LogP contribution in [0.4, 0.5) is 5.95 Å². The van der Waals surface area contributed by atoms with Crippen LogP contribution >= 0.6 is 0 Å². The first-order chi connectivity index (χ1) is 8.83. The zero-order valence-corrected chi connectivity index (χ0v) is 11.7. The maximum Gasteiger partial charge on any atom is 0.202 e. The van der Waals surface area contributed by atoms with E-state index in [1.54, 1.807) is 0 Å². The molecular formula is C14H26N4. The van der Waals surface area contributed by atoms with Gasteiger partial charge in [0, 0.05) is 38.1 Å². The third-order valence-corrected chi connectivity index (χ3v) is 3.64. The summed E-state index contributed by atoms with van der Waals surface area (Å²) in [6.45, 7) is 9.20. The molecule has 1 aromatic rings. The molecule has 0 radical (unpaired) electrons. The van der Waals surface area contributed by atoms with E-state index in [0.29, 0.717) is 6.04 Å². The predicted molar refractivity (Wildman–Crippen MR) is 75.9 cm³/mol. The van der Waals surface area contributed by atoms with Crippen LogP contribution in [0.3, 0.4) is 0 Å². The van der Waals surface area contributed by atoms with Gasteiger partial charge in [-0.25, -0.2) is 4.98 Å². The van der Waals surface area contributed by atoms with E-state index in [1.165, 1.54) is 38.9 Å². The Balaban J connectivity index is 1.82. The van der Waals surface area contributed by atoms with Crippen molar-refractivity contribution in [3.63, 3.8) is 0 Å². The number of imidazole rings is 1. The van der Waals surface area contributed by atoms with E-state index in [0.717, 1.165) is 18.9 Å². The maximum absolute atomic E-state index is 4.42. The van der Waals surface area contributed by atoms with E-state index >= 15 is 0 Å². The minimum Gasteiger partial charge on any atom is -0.353 e. The molecule has 2 heterocycles. The molecule has 102 valence electrons. The Hall–Kier alpha value is -1.03. The summed E-state index contributed by atoms with van der Waals surface area (Å²) in [6.07, 6.45) is 8.85. The molecule has 1 saturated heterocycles. The Labute approximate surface area is 110 Å². The molecule has 0 aromatic carbocycles. The summed E-state index contributed by atoms with van der Waals surface area (Å²) in [5.74, 6) is 1.05. The highest BCUT2D eigenvalue weighted by atomic mass is 15.2. The normalized spacial score (nSPS) is 18.1. The Kier molecular flexibility index (Phi) is 5.05. The van der Waals surface area contributed by atoms with Gasteiger partial charge in [-0.05, 0) is 32.2 Å². The highest BCUT2D eigenvalue weighted by Gasteiger charge is 2.19. The molecule has 1 aliphatic heterocycles. The third kappa shape index (κ3) is 3.48. The van der Waals surface area contributed by atoms with Gasteiger partial charge in [0.1, 0.15) is 0 Å². The number of aromatic nitrogens is 2. The summed E-state index contributed by atoms with van der Waals surface area (Å²) >= 11 is 0. The summed E-state index contributed by atoms with van der Waals surface area (Å²) in [5.41, 5.74) is 0. The first-order valence-corrected chi connectivity index (χ1v) is 7.33. The lowest BCUT2D eigenvalue weighted by Gasteiger charge is -2.32. The second-order valence-corrected chi connectivity index (χ2v) is 5.20. The van der Waals surface area contributed by atoms with Gasteiger partial charge in [-0.1, -0.05) is 13.8 Å². The topological polar surface area (TPSA) is 33.1 Å². The fraction of sp³-hybridized carbons (Fsp3) is 0.786. The van der Waals surface area contributed by atoms with Gasteiger partial charge in [-0.3, -0.25) is 0 Å². The van der Waals surface area contributed by atoms with Crippen molar-refractivity contribution in [2.75, 3.05) is 25.0 Å². The van der Waals surface area contributed by atoms with Gasteiger partial charge < -0.3 is 14.8 Å². The minimum absolute atomic E-state index is 0.594. The molecule has 0 aliphatic carbocycles. The zero-order valence-electron chi connectivity index (χ0n) is 11.7. The van der Waals surface area contributed by atoms with Crippen LogP contribution in [0.1, 0.15) is 39.5 Å². The lowest BCUT2D eigenvalue weighted by Crippen LogP contribution is -2.39. The first-order valence-electron chi connectivity index (χ1n) is 7.33. The summed E-state index contributed by atoms with van der Waals surface area (Å²) in [4.78, 5) is 6.99. The fourth-order valence-corrected chi connectivity index (χ4v) is 2.67. The zero-order chi connectivity index (χ0) is 12.8. The molecule has 0 bridgehead atoms. The van der Waals surface area contributed by atoms with Crippen LogP contribution in [0, 0.1) is 0 Å². The Bertz CT molecular complexity index is 339. The number of aryl methyl sites for hydroxylation is 1. The lowest BCUT2D eigenvalue weighted by atomic mass is 10.1. The van der Waals surface area contributed by atoms with Crippen LogP contribution in [0.15, 0.2) is 12.4 Å². The molecule has 4 nitrogen and oxygen atoms in total. The van der Waals surface area contributed by atoms with Crippen LogP contribution in [0.5, 0.6) is 0 Å². The molecule has 1 N–H and O–H groups in total. The molecule has 4 heteroatoms. The molecular weight excluding hydrogens is 224 g/mol. The average Bonchev–Trinajstić information content (AvgIpc) is 2.80. The van der Waals surface area contributed by atoms with Crippen molar-refractivity contribution >= 4 is 5.95 Å². The van der Waals surface area contributed by atoms with Crippen molar-refractivity contribution in [1.82, 2.24) is 14.5 Å². The standard InChI is InChI=1S/C14H26N4/c1-3-8-17-10-5-13(6-11-17)16-14-15-7-12-18(14)9-4-2/h7,12-13H,3-6,8-11H2,1-2H3,(H,15,16). The van der Waals surface area contributed by atoms with Gasteiger partial charge in [-0.2, -0.15) is 0 Å². The molecule has 1 aromatic heterocycles. The van der Waals surface area contributed by atoms with Crippen molar-refractivity contribution in [2.24, 2.45) is 0 Å². The third-order valence-electron chi connectivity index (χ3n) is 3.64. The fourth-order valence-electron chi connectivity index (χ4n) is 2.67. The van der Waals surface area contributed by atoms with Crippen molar-refractivity contribution < 1.29 is 0 Å². The highest BCUT2D eigenvalue weighted by molar-refractivity contribution is 5.27. The molecule has 2 rings (SSSR count). The van der Waals surface area contributed by atoms with Crippen LogP contribution in [0.2, 0.25) is 0 Å². The molecule has 0 atom stereocenters. The predicted octanol–water partition coefficient (Wildman–Crippen LogP) is 2.58. The summed E-state index contributed by atoms with van der Waals surface area (Å²) in [6, 6.07) is 0.594. The number of piperidine rings is 1. The van der Waals surface area contributed by atoms with E-state index in [9.17, 15) is 0 Å². The van der Waals surface area contributed by atoms with Gasteiger partial charge >= 0.3 is 0 Å². The van der Waals surface area contributed by atoms with E-state index < -0.39 is 0 Å². The lowest BCUT2D eigenvalue weighted by molar-refractivity contribution is 0.219. The first kappa shape index (κ1) is 13.4. The van der Waals surface area contributed by atoms with E-state index in [-0.39, 0.29) is 0 Å². The minimum atomic E-state index is 0.594. The van der Waals surface area contributed by atoms with Crippen molar-refractivity contribution in [3.05, 3.63) is 12.4 Å². The van der Waals surface area contributed by atoms with Crippen molar-refractivity contribution in [1.29, 1.82) is 0 Å². The second kappa shape index (κ2) is 6.78. The number of rotatable bonds is 6. The second-order valence-electron chi connectivity index (χ2n) is 5.20. The molecule has 1 aliphatic rings. The van der Waals surface area contributed by atoms with Crippen LogP contribution in [-0.4, -0.2) is 40.1 Å². The van der Waals surface area contributed by atoms with Crippen LogP contribution in [-0.2, 0) is 6.54 Å². The van der Waals surface area contributed by atoms with Crippen molar-refractivity contribution in [2.45, 2.75) is 52.1 Å². The Morgan fingerprint density at radius 2 is 1.94 bits per heavy atom. The van der Waals surface area contributed by atoms with E-state index in [4.69, 9.17) is 0 Å².